The van der Waals surface area contributed by atoms with Gasteiger partial charge in [-0.1, -0.05) is 35.9 Å². The lowest BCUT2D eigenvalue weighted by atomic mass is 10.1. The number of rotatable bonds is 4. The van der Waals surface area contributed by atoms with Gasteiger partial charge in [-0.3, -0.25) is 14.5 Å². The van der Waals surface area contributed by atoms with Gasteiger partial charge in [-0.15, -0.1) is 0 Å². The van der Waals surface area contributed by atoms with Crippen LogP contribution in [0.25, 0.3) is 6.08 Å². The number of imide groups is 1. The van der Waals surface area contributed by atoms with Crippen LogP contribution in [0.4, 0.5) is 10.5 Å². The molecule has 2 amide bonds. The number of thioether (sulfide) groups is 1. The van der Waals surface area contributed by atoms with Gasteiger partial charge >= 0.3 is 0 Å². The summed E-state index contributed by atoms with van der Waals surface area (Å²) < 4.78 is 0. The zero-order valence-corrected chi connectivity index (χ0v) is 15.5. The molecule has 0 unspecified atom stereocenters. The van der Waals surface area contributed by atoms with E-state index in [4.69, 9.17) is 11.6 Å². The van der Waals surface area contributed by atoms with Crippen molar-refractivity contribution in [1.29, 1.82) is 0 Å². The summed E-state index contributed by atoms with van der Waals surface area (Å²) in [7, 11) is 3.94. The zero-order valence-electron chi connectivity index (χ0n) is 13.9. The SMILES string of the molecule is CN(C)c1ccc(/C=C2\SC(=O)N(Cc3ccc(Cl)cc3)C2=O)cc1. The van der Waals surface area contributed by atoms with Crippen molar-refractivity contribution >= 4 is 46.3 Å². The highest BCUT2D eigenvalue weighted by Crippen LogP contribution is 2.33. The molecule has 0 saturated carbocycles. The third kappa shape index (κ3) is 4.06. The van der Waals surface area contributed by atoms with Crippen molar-refractivity contribution in [2.24, 2.45) is 0 Å². The normalized spacial score (nSPS) is 16.0. The molecule has 0 aromatic heterocycles. The number of carbonyl (C=O) groups excluding carboxylic acids is 2. The Morgan fingerprint density at radius 1 is 1.04 bits per heavy atom. The van der Waals surface area contributed by atoms with Crippen LogP contribution in [-0.2, 0) is 11.3 Å². The lowest BCUT2D eigenvalue weighted by molar-refractivity contribution is -0.123. The molecule has 0 radical (unpaired) electrons. The van der Waals surface area contributed by atoms with Gasteiger partial charge < -0.3 is 4.90 Å². The van der Waals surface area contributed by atoms with Gasteiger partial charge in [-0.05, 0) is 53.2 Å². The topological polar surface area (TPSA) is 40.6 Å². The molecule has 0 spiro atoms. The standard InChI is InChI=1S/C19H17ClN2O2S/c1-21(2)16-9-5-13(6-10-16)11-17-18(23)22(19(24)25-17)12-14-3-7-15(20)8-4-14/h3-11H,12H2,1-2H3/b17-11-. The van der Waals surface area contributed by atoms with Crippen molar-refractivity contribution in [3.8, 4) is 0 Å². The summed E-state index contributed by atoms with van der Waals surface area (Å²) in [6.07, 6.45) is 1.76. The van der Waals surface area contributed by atoms with E-state index in [1.165, 1.54) is 4.90 Å². The first-order valence-electron chi connectivity index (χ1n) is 7.71. The molecule has 1 heterocycles. The predicted octanol–water partition coefficient (Wildman–Crippen LogP) is 4.64. The summed E-state index contributed by atoms with van der Waals surface area (Å²) >= 11 is 6.84. The number of hydrogen-bond acceptors (Lipinski definition) is 4. The molecule has 2 aromatic carbocycles. The van der Waals surface area contributed by atoms with Crippen molar-refractivity contribution < 1.29 is 9.59 Å². The third-order valence-corrected chi connectivity index (χ3v) is 4.99. The van der Waals surface area contributed by atoms with Crippen LogP contribution in [0, 0.1) is 0 Å². The summed E-state index contributed by atoms with van der Waals surface area (Å²) in [4.78, 5) is 28.4. The van der Waals surface area contributed by atoms with Gasteiger partial charge in [0.25, 0.3) is 11.1 Å². The van der Waals surface area contributed by atoms with Crippen LogP contribution in [0.3, 0.4) is 0 Å². The van der Waals surface area contributed by atoms with Crippen LogP contribution in [0.15, 0.2) is 53.4 Å². The van der Waals surface area contributed by atoms with Crippen LogP contribution in [0.2, 0.25) is 5.02 Å². The minimum atomic E-state index is -0.262. The molecule has 128 valence electrons. The number of amides is 2. The highest BCUT2D eigenvalue weighted by molar-refractivity contribution is 8.18. The van der Waals surface area contributed by atoms with Crippen molar-refractivity contribution in [3.05, 3.63) is 69.6 Å². The molecule has 3 rings (SSSR count). The molecule has 4 nitrogen and oxygen atoms in total. The number of benzene rings is 2. The minimum Gasteiger partial charge on any atom is -0.378 e. The van der Waals surface area contributed by atoms with Crippen molar-refractivity contribution in [2.45, 2.75) is 6.54 Å². The first-order chi connectivity index (χ1) is 11.9. The Morgan fingerprint density at radius 3 is 2.28 bits per heavy atom. The maximum Gasteiger partial charge on any atom is 0.293 e. The van der Waals surface area contributed by atoms with E-state index in [0.29, 0.717) is 9.93 Å². The van der Waals surface area contributed by atoms with Gasteiger partial charge in [0.1, 0.15) is 0 Å². The molecule has 25 heavy (non-hydrogen) atoms. The van der Waals surface area contributed by atoms with Crippen LogP contribution >= 0.6 is 23.4 Å². The summed E-state index contributed by atoms with van der Waals surface area (Å²) in [6, 6.07) is 14.9. The van der Waals surface area contributed by atoms with Gasteiger partial charge in [0.05, 0.1) is 11.4 Å². The van der Waals surface area contributed by atoms with Gasteiger partial charge in [0, 0.05) is 24.8 Å². The highest BCUT2D eigenvalue weighted by atomic mass is 35.5. The van der Waals surface area contributed by atoms with Crippen LogP contribution in [0.1, 0.15) is 11.1 Å². The van der Waals surface area contributed by atoms with E-state index < -0.39 is 0 Å². The lowest BCUT2D eigenvalue weighted by Crippen LogP contribution is -2.27. The number of halogens is 1. The Balaban J connectivity index is 1.77. The summed E-state index contributed by atoms with van der Waals surface area (Å²) in [5, 5.41) is 0.370. The largest absolute Gasteiger partial charge is 0.378 e. The third-order valence-electron chi connectivity index (χ3n) is 3.83. The van der Waals surface area contributed by atoms with Gasteiger partial charge in [0.2, 0.25) is 0 Å². The quantitative estimate of drug-likeness (QED) is 0.733. The van der Waals surface area contributed by atoms with E-state index in [-0.39, 0.29) is 17.7 Å². The van der Waals surface area contributed by atoms with Crippen molar-refractivity contribution in [1.82, 2.24) is 4.90 Å². The fourth-order valence-corrected chi connectivity index (χ4v) is 3.39. The molecule has 0 aliphatic carbocycles. The van der Waals surface area contributed by atoms with Crippen molar-refractivity contribution in [2.75, 3.05) is 19.0 Å². The molecular weight excluding hydrogens is 356 g/mol. The van der Waals surface area contributed by atoms with Gasteiger partial charge in [-0.25, -0.2) is 0 Å². The molecule has 1 aliphatic heterocycles. The fourth-order valence-electron chi connectivity index (χ4n) is 2.43. The second-order valence-corrected chi connectivity index (χ2v) is 7.31. The molecule has 1 fully saturated rings. The molecule has 0 atom stereocenters. The molecule has 0 N–H and O–H groups in total. The average molecular weight is 373 g/mol. The smallest absolute Gasteiger partial charge is 0.293 e. The van der Waals surface area contributed by atoms with Crippen LogP contribution in [0.5, 0.6) is 0 Å². The van der Waals surface area contributed by atoms with Gasteiger partial charge in [0.15, 0.2) is 0 Å². The number of hydrogen-bond donors (Lipinski definition) is 0. The predicted molar refractivity (Wildman–Crippen MR) is 104 cm³/mol. The number of carbonyl (C=O) groups is 2. The first kappa shape index (κ1) is 17.6. The molecule has 1 saturated heterocycles. The number of anilines is 1. The van der Waals surface area contributed by atoms with Crippen LogP contribution < -0.4 is 4.90 Å². The monoisotopic (exact) mass is 372 g/mol. The fraction of sp³-hybridized carbons (Fsp3) is 0.158. The Labute approximate surface area is 156 Å². The molecule has 0 bridgehead atoms. The number of nitrogens with zero attached hydrogens (tertiary/aromatic N) is 2. The molecule has 1 aliphatic rings. The van der Waals surface area contributed by atoms with E-state index in [1.54, 1.807) is 18.2 Å². The Morgan fingerprint density at radius 2 is 1.68 bits per heavy atom. The first-order valence-corrected chi connectivity index (χ1v) is 8.91. The Bertz CT molecular complexity index is 830. The van der Waals surface area contributed by atoms with E-state index in [2.05, 4.69) is 0 Å². The second-order valence-electron chi connectivity index (χ2n) is 5.88. The van der Waals surface area contributed by atoms with Crippen LogP contribution in [-0.4, -0.2) is 30.1 Å². The second kappa shape index (κ2) is 7.33. The molecule has 2 aromatic rings. The Kier molecular flexibility index (Phi) is 5.16. The maximum atomic E-state index is 12.5. The van der Waals surface area contributed by atoms with Crippen molar-refractivity contribution in [3.63, 3.8) is 0 Å². The lowest BCUT2D eigenvalue weighted by Gasteiger charge is -2.12. The summed E-state index contributed by atoms with van der Waals surface area (Å²) in [6.45, 7) is 0.249. The summed E-state index contributed by atoms with van der Waals surface area (Å²) in [5.74, 6) is -0.262. The summed E-state index contributed by atoms with van der Waals surface area (Å²) in [5.41, 5.74) is 2.83. The maximum absolute atomic E-state index is 12.5. The van der Waals surface area contributed by atoms with E-state index in [0.717, 1.165) is 28.6 Å². The minimum absolute atomic E-state index is 0.249. The van der Waals surface area contributed by atoms with E-state index >= 15 is 0 Å². The molecular formula is C19H17ClN2O2S. The zero-order chi connectivity index (χ0) is 18.0. The highest BCUT2D eigenvalue weighted by Gasteiger charge is 2.34. The van der Waals surface area contributed by atoms with Gasteiger partial charge in [-0.2, -0.15) is 0 Å². The Hall–Kier alpha value is -2.24. The van der Waals surface area contributed by atoms with E-state index in [1.807, 2.05) is 55.4 Å². The van der Waals surface area contributed by atoms with E-state index in [9.17, 15) is 9.59 Å². The average Bonchev–Trinajstić information content (AvgIpc) is 2.85. The molecule has 6 heteroatoms.